The summed E-state index contributed by atoms with van der Waals surface area (Å²) >= 11 is 6.12. The van der Waals surface area contributed by atoms with Gasteiger partial charge >= 0.3 is 0 Å². The van der Waals surface area contributed by atoms with Gasteiger partial charge in [0.25, 0.3) is 0 Å². The standard InChI is InChI=1S/C16H18ClN/c1-13-8-10-15(11-9-13)18-12-4-6-14-5-2-3-7-16(14)17/h2-3,5,7-11,18H,4,6,12H2,1H3. The molecule has 18 heavy (non-hydrogen) atoms. The van der Waals surface area contributed by atoms with Gasteiger partial charge in [-0.25, -0.2) is 0 Å². The quantitative estimate of drug-likeness (QED) is 0.768. The molecule has 2 heteroatoms. The lowest BCUT2D eigenvalue weighted by Gasteiger charge is -2.07. The van der Waals surface area contributed by atoms with E-state index >= 15 is 0 Å². The largest absolute Gasteiger partial charge is 0.385 e. The van der Waals surface area contributed by atoms with Gasteiger partial charge in [0.2, 0.25) is 0 Å². The van der Waals surface area contributed by atoms with Gasteiger partial charge in [-0.15, -0.1) is 0 Å². The van der Waals surface area contributed by atoms with Gasteiger partial charge < -0.3 is 5.32 Å². The second-order valence-corrected chi connectivity index (χ2v) is 4.89. The maximum atomic E-state index is 6.12. The van der Waals surface area contributed by atoms with Crippen molar-refractivity contribution < 1.29 is 0 Å². The van der Waals surface area contributed by atoms with Crippen LogP contribution in [0, 0.1) is 6.92 Å². The molecular weight excluding hydrogens is 242 g/mol. The van der Waals surface area contributed by atoms with E-state index in [9.17, 15) is 0 Å². The summed E-state index contributed by atoms with van der Waals surface area (Å²) in [7, 11) is 0. The molecule has 2 aromatic rings. The number of hydrogen-bond acceptors (Lipinski definition) is 1. The summed E-state index contributed by atoms with van der Waals surface area (Å²) in [6.45, 7) is 3.06. The van der Waals surface area contributed by atoms with Crippen LogP contribution in [0.25, 0.3) is 0 Å². The summed E-state index contributed by atoms with van der Waals surface area (Å²) in [6.07, 6.45) is 2.09. The van der Waals surface area contributed by atoms with Gasteiger partial charge in [0.1, 0.15) is 0 Å². The predicted molar refractivity (Wildman–Crippen MR) is 79.4 cm³/mol. The average molecular weight is 260 g/mol. The molecule has 0 aromatic heterocycles. The lowest BCUT2D eigenvalue weighted by atomic mass is 10.1. The van der Waals surface area contributed by atoms with Crippen LogP contribution in [0.3, 0.4) is 0 Å². The van der Waals surface area contributed by atoms with E-state index in [1.807, 2.05) is 18.2 Å². The highest BCUT2D eigenvalue weighted by Gasteiger charge is 1.98. The van der Waals surface area contributed by atoms with Crippen LogP contribution in [-0.2, 0) is 6.42 Å². The highest BCUT2D eigenvalue weighted by molar-refractivity contribution is 6.31. The van der Waals surface area contributed by atoms with Crippen molar-refractivity contribution in [2.45, 2.75) is 19.8 Å². The minimum absolute atomic E-state index is 0.868. The SMILES string of the molecule is Cc1ccc(NCCCc2ccccc2Cl)cc1. The molecule has 0 saturated carbocycles. The zero-order chi connectivity index (χ0) is 12.8. The van der Waals surface area contributed by atoms with E-state index in [1.54, 1.807) is 0 Å². The second-order valence-electron chi connectivity index (χ2n) is 4.49. The van der Waals surface area contributed by atoms with E-state index in [0.717, 1.165) is 24.4 Å². The monoisotopic (exact) mass is 259 g/mol. The molecule has 0 saturated heterocycles. The minimum atomic E-state index is 0.868. The third-order valence-corrected chi connectivity index (χ3v) is 3.33. The third-order valence-electron chi connectivity index (χ3n) is 2.96. The Morgan fingerprint density at radius 1 is 1.00 bits per heavy atom. The molecule has 1 N–H and O–H groups in total. The fraction of sp³-hybridized carbons (Fsp3) is 0.250. The number of anilines is 1. The van der Waals surface area contributed by atoms with Crippen LogP contribution < -0.4 is 5.32 Å². The van der Waals surface area contributed by atoms with Crippen molar-refractivity contribution in [3.05, 3.63) is 64.7 Å². The first kappa shape index (κ1) is 13.0. The fourth-order valence-electron chi connectivity index (χ4n) is 1.88. The van der Waals surface area contributed by atoms with E-state index in [-0.39, 0.29) is 0 Å². The summed E-state index contributed by atoms with van der Waals surface area (Å²) < 4.78 is 0. The van der Waals surface area contributed by atoms with Crippen LogP contribution in [-0.4, -0.2) is 6.54 Å². The molecule has 0 unspecified atom stereocenters. The maximum absolute atomic E-state index is 6.12. The van der Waals surface area contributed by atoms with Crippen molar-refractivity contribution in [1.82, 2.24) is 0 Å². The third kappa shape index (κ3) is 3.78. The molecule has 0 aliphatic carbocycles. The number of halogens is 1. The first-order valence-corrected chi connectivity index (χ1v) is 6.67. The van der Waals surface area contributed by atoms with Crippen molar-refractivity contribution in [2.24, 2.45) is 0 Å². The van der Waals surface area contributed by atoms with Gasteiger partial charge in [0, 0.05) is 17.3 Å². The zero-order valence-corrected chi connectivity index (χ0v) is 11.4. The molecule has 0 spiro atoms. The van der Waals surface area contributed by atoms with Gasteiger partial charge in [-0.1, -0.05) is 47.5 Å². The van der Waals surface area contributed by atoms with E-state index in [0.29, 0.717) is 0 Å². The molecule has 2 rings (SSSR count). The number of rotatable bonds is 5. The topological polar surface area (TPSA) is 12.0 Å². The molecule has 0 bridgehead atoms. The van der Waals surface area contributed by atoms with E-state index in [1.165, 1.54) is 16.8 Å². The van der Waals surface area contributed by atoms with E-state index < -0.39 is 0 Å². The first-order valence-electron chi connectivity index (χ1n) is 6.29. The first-order chi connectivity index (χ1) is 8.75. The smallest absolute Gasteiger partial charge is 0.0437 e. The van der Waals surface area contributed by atoms with Crippen LogP contribution in [0.2, 0.25) is 5.02 Å². The maximum Gasteiger partial charge on any atom is 0.0437 e. The molecule has 0 radical (unpaired) electrons. The van der Waals surface area contributed by atoms with Gasteiger partial charge in [-0.2, -0.15) is 0 Å². The summed E-state index contributed by atoms with van der Waals surface area (Å²) in [5.41, 5.74) is 3.70. The molecule has 94 valence electrons. The summed E-state index contributed by atoms with van der Waals surface area (Å²) in [5.74, 6) is 0. The number of nitrogens with one attached hydrogen (secondary N) is 1. The zero-order valence-electron chi connectivity index (χ0n) is 10.6. The van der Waals surface area contributed by atoms with Crippen molar-refractivity contribution in [3.8, 4) is 0 Å². The minimum Gasteiger partial charge on any atom is -0.385 e. The highest BCUT2D eigenvalue weighted by atomic mass is 35.5. The molecular formula is C16H18ClN. The van der Waals surface area contributed by atoms with Gasteiger partial charge in [-0.05, 0) is 43.5 Å². The Hall–Kier alpha value is -1.47. The van der Waals surface area contributed by atoms with E-state index in [2.05, 4.69) is 42.6 Å². The van der Waals surface area contributed by atoms with Gasteiger partial charge in [0.15, 0.2) is 0 Å². The number of aryl methyl sites for hydroxylation is 2. The Bertz CT molecular complexity index is 491. The molecule has 0 aliphatic rings. The summed E-state index contributed by atoms with van der Waals surface area (Å²) in [4.78, 5) is 0. The Kier molecular flexibility index (Phi) is 4.66. The molecule has 0 amide bonds. The Morgan fingerprint density at radius 3 is 2.44 bits per heavy atom. The lowest BCUT2D eigenvalue weighted by Crippen LogP contribution is -2.03. The molecule has 1 nitrogen and oxygen atoms in total. The van der Waals surface area contributed by atoms with Crippen LogP contribution in [0.15, 0.2) is 48.5 Å². The summed E-state index contributed by atoms with van der Waals surface area (Å²) in [6, 6.07) is 16.5. The van der Waals surface area contributed by atoms with Crippen molar-refractivity contribution in [1.29, 1.82) is 0 Å². The van der Waals surface area contributed by atoms with Crippen molar-refractivity contribution >= 4 is 17.3 Å². The van der Waals surface area contributed by atoms with Crippen molar-refractivity contribution in [2.75, 3.05) is 11.9 Å². The van der Waals surface area contributed by atoms with Crippen LogP contribution in [0.5, 0.6) is 0 Å². The van der Waals surface area contributed by atoms with Crippen LogP contribution in [0.1, 0.15) is 17.5 Å². The van der Waals surface area contributed by atoms with Crippen molar-refractivity contribution in [3.63, 3.8) is 0 Å². The van der Waals surface area contributed by atoms with E-state index in [4.69, 9.17) is 11.6 Å². The molecule has 0 heterocycles. The van der Waals surface area contributed by atoms with Gasteiger partial charge in [-0.3, -0.25) is 0 Å². The Labute approximate surface area is 114 Å². The molecule has 0 atom stereocenters. The predicted octanol–water partition coefficient (Wildman–Crippen LogP) is 4.69. The molecule has 2 aromatic carbocycles. The second kappa shape index (κ2) is 6.46. The van der Waals surface area contributed by atoms with Gasteiger partial charge in [0.05, 0.1) is 0 Å². The number of hydrogen-bond donors (Lipinski definition) is 1. The Balaban J connectivity index is 1.76. The highest BCUT2D eigenvalue weighted by Crippen LogP contribution is 2.16. The number of benzene rings is 2. The van der Waals surface area contributed by atoms with Crippen LogP contribution in [0.4, 0.5) is 5.69 Å². The molecule has 0 aliphatic heterocycles. The molecule has 0 fully saturated rings. The normalized spacial score (nSPS) is 10.3. The summed E-state index contributed by atoms with van der Waals surface area (Å²) in [5, 5.41) is 4.29. The van der Waals surface area contributed by atoms with Crippen LogP contribution >= 0.6 is 11.6 Å². The lowest BCUT2D eigenvalue weighted by molar-refractivity contribution is 0.863. The average Bonchev–Trinajstić information content (AvgIpc) is 2.39. The Morgan fingerprint density at radius 2 is 1.72 bits per heavy atom. The fourth-order valence-corrected chi connectivity index (χ4v) is 2.11.